The highest BCUT2D eigenvalue weighted by Crippen LogP contribution is 2.25. The minimum Gasteiger partial charge on any atom is -0.373 e. The first-order chi connectivity index (χ1) is 11.3. The maximum Gasteiger partial charge on any atom is 0.224 e. The van der Waals surface area contributed by atoms with E-state index < -0.39 is 31.8 Å². The van der Waals surface area contributed by atoms with Crippen molar-refractivity contribution in [2.24, 2.45) is 0 Å². The third-order valence-electron chi connectivity index (χ3n) is 4.34. The lowest BCUT2D eigenvalue weighted by molar-refractivity contribution is -0.142. The molecule has 1 aromatic rings. The molecule has 2 heterocycles. The molecule has 132 valence electrons. The molecule has 2 fully saturated rings. The number of amides is 1. The summed E-state index contributed by atoms with van der Waals surface area (Å²) in [6.45, 7) is 0.564. The fourth-order valence-electron chi connectivity index (χ4n) is 3.14. The van der Waals surface area contributed by atoms with Gasteiger partial charge in [0.15, 0.2) is 19.7 Å². The van der Waals surface area contributed by atoms with Crippen LogP contribution >= 0.6 is 0 Å². The molecule has 2 atom stereocenters. The maximum atomic E-state index is 12.4. The zero-order valence-corrected chi connectivity index (χ0v) is 14.6. The summed E-state index contributed by atoms with van der Waals surface area (Å²) in [4.78, 5) is 14.1. The number of nitrogens with zero attached hydrogens (tertiary/aromatic N) is 1. The standard InChI is InChI=1S/C15H19NO6S2/c17-15(6-9-24(20,21)12-4-2-1-3-5-12)16-7-8-22-14-11-23(18,19)10-13(14)16/h1-5,13-14H,6-11H2. The lowest BCUT2D eigenvalue weighted by atomic mass is 10.1. The Bertz CT molecular complexity index is 819. The van der Waals surface area contributed by atoms with Crippen molar-refractivity contribution in [1.29, 1.82) is 0 Å². The molecule has 0 radical (unpaired) electrons. The summed E-state index contributed by atoms with van der Waals surface area (Å²) in [6.07, 6.45) is -0.668. The van der Waals surface area contributed by atoms with Gasteiger partial charge in [-0.05, 0) is 12.1 Å². The Kier molecular flexibility index (Phi) is 4.67. The molecule has 2 unspecified atom stereocenters. The summed E-state index contributed by atoms with van der Waals surface area (Å²) in [5.74, 6) is -0.833. The van der Waals surface area contributed by atoms with Gasteiger partial charge in [-0.25, -0.2) is 16.8 Å². The summed E-state index contributed by atoms with van der Waals surface area (Å²) in [7, 11) is -6.75. The smallest absolute Gasteiger partial charge is 0.224 e. The van der Waals surface area contributed by atoms with Gasteiger partial charge in [0.05, 0.1) is 40.9 Å². The normalized spacial score (nSPS) is 26.1. The van der Waals surface area contributed by atoms with Crippen molar-refractivity contribution >= 4 is 25.6 Å². The van der Waals surface area contributed by atoms with Crippen molar-refractivity contribution in [2.45, 2.75) is 23.5 Å². The Hall–Kier alpha value is -1.45. The zero-order chi connectivity index (χ0) is 17.4. The molecule has 2 saturated heterocycles. The summed E-state index contributed by atoms with van der Waals surface area (Å²) >= 11 is 0. The van der Waals surface area contributed by atoms with Gasteiger partial charge in [-0.15, -0.1) is 0 Å². The fourth-order valence-corrected chi connectivity index (χ4v) is 6.26. The first kappa shape index (κ1) is 17.4. The van der Waals surface area contributed by atoms with E-state index in [0.29, 0.717) is 6.54 Å². The number of hydrogen-bond donors (Lipinski definition) is 0. The average molecular weight is 373 g/mol. The molecule has 1 aromatic carbocycles. The number of rotatable bonds is 4. The highest BCUT2D eigenvalue weighted by Gasteiger charge is 2.45. The van der Waals surface area contributed by atoms with Crippen LogP contribution in [0.1, 0.15) is 6.42 Å². The van der Waals surface area contributed by atoms with Gasteiger partial charge in [0.1, 0.15) is 0 Å². The molecule has 0 saturated carbocycles. The minimum absolute atomic E-state index is 0.0796. The van der Waals surface area contributed by atoms with Crippen molar-refractivity contribution in [3.63, 3.8) is 0 Å². The van der Waals surface area contributed by atoms with Crippen LogP contribution in [0.25, 0.3) is 0 Å². The monoisotopic (exact) mass is 373 g/mol. The molecular weight excluding hydrogens is 354 g/mol. The summed E-state index contributed by atoms with van der Waals surface area (Å²) in [5.41, 5.74) is 0. The van der Waals surface area contributed by atoms with Crippen LogP contribution in [0, 0.1) is 0 Å². The van der Waals surface area contributed by atoms with Gasteiger partial charge in [-0.2, -0.15) is 0 Å². The zero-order valence-electron chi connectivity index (χ0n) is 13.0. The molecule has 9 heteroatoms. The second-order valence-corrected chi connectivity index (χ2v) is 10.3. The molecular formula is C15H19NO6S2. The van der Waals surface area contributed by atoms with Crippen molar-refractivity contribution in [3.05, 3.63) is 30.3 Å². The van der Waals surface area contributed by atoms with Gasteiger partial charge in [0.25, 0.3) is 0 Å². The average Bonchev–Trinajstić information content (AvgIpc) is 2.87. The molecule has 2 aliphatic rings. The van der Waals surface area contributed by atoms with Gasteiger partial charge < -0.3 is 9.64 Å². The number of carbonyl (C=O) groups is 1. The largest absolute Gasteiger partial charge is 0.373 e. The number of carbonyl (C=O) groups excluding carboxylic acids is 1. The fraction of sp³-hybridized carbons (Fsp3) is 0.533. The van der Waals surface area contributed by atoms with Crippen molar-refractivity contribution in [3.8, 4) is 0 Å². The second kappa shape index (κ2) is 6.45. The number of morpholine rings is 1. The molecule has 7 nitrogen and oxygen atoms in total. The number of fused-ring (bicyclic) bond motifs is 1. The minimum atomic E-state index is -3.54. The second-order valence-electron chi connectivity index (χ2n) is 6.02. The van der Waals surface area contributed by atoms with E-state index in [-0.39, 0.29) is 41.1 Å². The van der Waals surface area contributed by atoms with Crippen LogP contribution in [0.15, 0.2) is 35.2 Å². The van der Waals surface area contributed by atoms with Crippen LogP contribution in [0.2, 0.25) is 0 Å². The molecule has 2 aliphatic heterocycles. The van der Waals surface area contributed by atoms with Crippen LogP contribution in [-0.4, -0.2) is 70.2 Å². The molecule has 24 heavy (non-hydrogen) atoms. The Balaban J connectivity index is 1.67. The van der Waals surface area contributed by atoms with Crippen LogP contribution in [0.4, 0.5) is 0 Å². The maximum absolute atomic E-state index is 12.4. The highest BCUT2D eigenvalue weighted by atomic mass is 32.2. The Morgan fingerprint density at radius 2 is 1.92 bits per heavy atom. The third-order valence-corrected chi connectivity index (χ3v) is 7.76. The predicted molar refractivity (Wildman–Crippen MR) is 87.0 cm³/mol. The number of ether oxygens (including phenoxy) is 1. The molecule has 3 rings (SSSR count). The molecule has 1 amide bonds. The molecule has 0 spiro atoms. The van der Waals surface area contributed by atoms with Crippen molar-refractivity contribution in [1.82, 2.24) is 4.90 Å². The van der Waals surface area contributed by atoms with Crippen molar-refractivity contribution < 1.29 is 26.4 Å². The third kappa shape index (κ3) is 3.62. The van der Waals surface area contributed by atoms with Gasteiger partial charge in [-0.3, -0.25) is 4.79 Å². The lowest BCUT2D eigenvalue weighted by Gasteiger charge is -2.36. The van der Waals surface area contributed by atoms with E-state index in [4.69, 9.17) is 4.74 Å². The topological polar surface area (TPSA) is 97.8 Å². The summed E-state index contributed by atoms with van der Waals surface area (Å²) < 4.78 is 53.5. The van der Waals surface area contributed by atoms with Gasteiger partial charge in [0.2, 0.25) is 5.91 Å². The number of sulfone groups is 2. The van der Waals surface area contributed by atoms with E-state index in [1.165, 1.54) is 17.0 Å². The predicted octanol–water partition coefficient (Wildman–Crippen LogP) is -0.125. The number of hydrogen-bond acceptors (Lipinski definition) is 6. The van der Waals surface area contributed by atoms with Crippen LogP contribution in [0.3, 0.4) is 0 Å². The Labute approximate surface area is 141 Å². The Morgan fingerprint density at radius 3 is 2.62 bits per heavy atom. The van der Waals surface area contributed by atoms with E-state index in [1.54, 1.807) is 18.2 Å². The van der Waals surface area contributed by atoms with E-state index in [1.807, 2.05) is 0 Å². The van der Waals surface area contributed by atoms with E-state index in [0.717, 1.165) is 0 Å². The van der Waals surface area contributed by atoms with Crippen molar-refractivity contribution in [2.75, 3.05) is 30.4 Å². The van der Waals surface area contributed by atoms with Gasteiger partial charge in [0, 0.05) is 13.0 Å². The SMILES string of the molecule is O=C(CCS(=O)(=O)c1ccccc1)N1CCOC2CS(=O)(=O)CC21. The Morgan fingerprint density at radius 1 is 1.21 bits per heavy atom. The van der Waals surface area contributed by atoms with Crippen LogP contribution in [-0.2, 0) is 29.2 Å². The molecule has 0 aromatic heterocycles. The molecule has 0 bridgehead atoms. The summed E-state index contributed by atoms with van der Waals surface area (Å²) in [6, 6.07) is 7.46. The van der Waals surface area contributed by atoms with Gasteiger partial charge in [-0.1, -0.05) is 18.2 Å². The number of benzene rings is 1. The highest BCUT2D eigenvalue weighted by molar-refractivity contribution is 7.91. The quantitative estimate of drug-likeness (QED) is 0.730. The molecule has 0 N–H and O–H groups in total. The van der Waals surface area contributed by atoms with Crippen LogP contribution < -0.4 is 0 Å². The molecule has 0 aliphatic carbocycles. The lowest BCUT2D eigenvalue weighted by Crippen LogP contribution is -2.53. The van der Waals surface area contributed by atoms with Gasteiger partial charge >= 0.3 is 0 Å². The first-order valence-electron chi connectivity index (χ1n) is 7.68. The van der Waals surface area contributed by atoms with E-state index in [9.17, 15) is 21.6 Å². The summed E-state index contributed by atoms with van der Waals surface area (Å²) in [5, 5.41) is 0. The van der Waals surface area contributed by atoms with Crippen LogP contribution in [0.5, 0.6) is 0 Å². The van der Waals surface area contributed by atoms with E-state index >= 15 is 0 Å². The first-order valence-corrected chi connectivity index (χ1v) is 11.2. The van der Waals surface area contributed by atoms with E-state index in [2.05, 4.69) is 0 Å².